The van der Waals surface area contributed by atoms with Crippen molar-refractivity contribution >= 4 is 11.7 Å². The third-order valence-electron chi connectivity index (χ3n) is 4.89. The van der Waals surface area contributed by atoms with Gasteiger partial charge in [-0.05, 0) is 31.9 Å². The van der Waals surface area contributed by atoms with E-state index in [4.69, 9.17) is 10.5 Å². The lowest BCUT2D eigenvalue weighted by molar-refractivity contribution is 0.0344. The van der Waals surface area contributed by atoms with Gasteiger partial charge >= 0.3 is 0 Å². The number of carbonyl (C=O) groups is 1. The van der Waals surface area contributed by atoms with Gasteiger partial charge in [-0.15, -0.1) is 5.10 Å². The molecule has 4 rings (SSSR count). The summed E-state index contributed by atoms with van der Waals surface area (Å²) in [6.45, 7) is 3.06. The van der Waals surface area contributed by atoms with Crippen molar-refractivity contribution in [2.24, 2.45) is 0 Å². The van der Waals surface area contributed by atoms with Gasteiger partial charge in [0.15, 0.2) is 5.82 Å². The number of amides is 1. The number of nitrogens with two attached hydrogens (primary N) is 1. The number of ether oxygens (including phenoxy) is 1. The zero-order valence-corrected chi connectivity index (χ0v) is 16.3. The topological polar surface area (TPSA) is 125 Å². The van der Waals surface area contributed by atoms with Crippen LogP contribution in [0.25, 0.3) is 17.2 Å². The lowest BCUT2D eigenvalue weighted by atomic mass is 10.1. The first kappa shape index (κ1) is 18.9. The van der Waals surface area contributed by atoms with Crippen molar-refractivity contribution in [1.29, 1.82) is 0 Å². The predicted molar refractivity (Wildman–Crippen MR) is 105 cm³/mol. The minimum absolute atomic E-state index is 0.107. The van der Waals surface area contributed by atoms with Crippen LogP contribution in [0.5, 0.6) is 0 Å². The number of aryl methyl sites for hydroxylation is 1. The molecule has 10 nitrogen and oxygen atoms in total. The van der Waals surface area contributed by atoms with Gasteiger partial charge in [-0.25, -0.2) is 19.6 Å². The molecule has 2 N–H and O–H groups in total. The molecule has 10 heteroatoms. The van der Waals surface area contributed by atoms with Crippen LogP contribution in [0.1, 0.15) is 29.2 Å². The van der Waals surface area contributed by atoms with E-state index >= 15 is 0 Å². The maximum Gasteiger partial charge on any atom is 0.293 e. The van der Waals surface area contributed by atoms with Crippen LogP contribution in [0.4, 0.5) is 5.82 Å². The van der Waals surface area contributed by atoms with Crippen molar-refractivity contribution in [3.05, 3.63) is 42.2 Å². The zero-order valence-electron chi connectivity index (χ0n) is 16.3. The Bertz CT molecular complexity index is 929. The molecule has 150 valence electrons. The fourth-order valence-electron chi connectivity index (χ4n) is 3.22. The average Bonchev–Trinajstić information content (AvgIpc) is 3.20. The first-order chi connectivity index (χ1) is 14.0. The summed E-state index contributed by atoms with van der Waals surface area (Å²) in [6.07, 6.45) is 6.60. The van der Waals surface area contributed by atoms with Gasteiger partial charge in [0.1, 0.15) is 11.5 Å². The smallest absolute Gasteiger partial charge is 0.293 e. The number of methoxy groups -OCH3 is 1. The van der Waals surface area contributed by atoms with Crippen molar-refractivity contribution in [2.75, 3.05) is 25.9 Å². The zero-order chi connectivity index (χ0) is 20.4. The highest BCUT2D eigenvalue weighted by atomic mass is 16.5. The third kappa shape index (κ3) is 3.92. The van der Waals surface area contributed by atoms with E-state index in [0.29, 0.717) is 36.1 Å². The minimum atomic E-state index is -0.219. The van der Waals surface area contributed by atoms with Crippen molar-refractivity contribution in [1.82, 2.24) is 34.6 Å². The number of likely N-dealkylation sites (tertiary alicyclic amines) is 1. The van der Waals surface area contributed by atoms with E-state index < -0.39 is 0 Å². The largest absolute Gasteiger partial charge is 0.384 e. The number of pyridine rings is 1. The number of nitrogen functional groups attached to an aromatic ring is 1. The molecule has 0 spiro atoms. The Balaban J connectivity index is 1.70. The molecule has 0 unspecified atom stereocenters. The molecule has 1 aliphatic rings. The quantitative estimate of drug-likeness (QED) is 0.701. The van der Waals surface area contributed by atoms with Gasteiger partial charge in [-0.2, -0.15) is 0 Å². The first-order valence-electron chi connectivity index (χ1n) is 9.35. The number of aromatic nitrogens is 6. The van der Waals surface area contributed by atoms with Gasteiger partial charge in [0.2, 0.25) is 5.82 Å². The van der Waals surface area contributed by atoms with Crippen molar-refractivity contribution in [3.8, 4) is 17.2 Å². The van der Waals surface area contributed by atoms with Crippen molar-refractivity contribution in [2.45, 2.75) is 25.9 Å². The number of nitrogens with zero attached hydrogens (tertiary/aromatic N) is 7. The fourth-order valence-corrected chi connectivity index (χ4v) is 3.22. The molecular formula is C19H22N8O2. The molecule has 0 saturated carbocycles. The van der Waals surface area contributed by atoms with Gasteiger partial charge in [-0.1, -0.05) is 0 Å². The Hall–Kier alpha value is -3.40. The number of rotatable bonds is 4. The summed E-state index contributed by atoms with van der Waals surface area (Å²) in [4.78, 5) is 32.0. The van der Waals surface area contributed by atoms with Crippen LogP contribution in [0.3, 0.4) is 0 Å². The second-order valence-electron chi connectivity index (χ2n) is 6.88. The molecule has 1 amide bonds. The highest BCUT2D eigenvalue weighted by molar-refractivity contribution is 5.91. The van der Waals surface area contributed by atoms with Gasteiger partial charge in [0, 0.05) is 26.4 Å². The number of piperidine rings is 1. The SMILES string of the molecule is COC1CCN(C(=O)c2nc(-c3cnc(C)cn3)n(-c3ccc(N)nc3)n2)CC1. The van der Waals surface area contributed by atoms with Crippen molar-refractivity contribution < 1.29 is 9.53 Å². The fraction of sp³-hybridized carbons (Fsp3) is 0.368. The monoisotopic (exact) mass is 394 g/mol. The maximum atomic E-state index is 13.0. The number of carbonyl (C=O) groups excluding carboxylic acids is 1. The molecule has 0 aromatic carbocycles. The summed E-state index contributed by atoms with van der Waals surface area (Å²) in [5.41, 5.74) is 7.62. The minimum Gasteiger partial charge on any atom is -0.384 e. The molecule has 3 aromatic heterocycles. The Kier molecular flexibility index (Phi) is 5.17. The summed E-state index contributed by atoms with van der Waals surface area (Å²) in [5.74, 6) is 0.695. The Morgan fingerprint density at radius 3 is 2.55 bits per heavy atom. The molecule has 0 aliphatic carbocycles. The lowest BCUT2D eigenvalue weighted by Crippen LogP contribution is -2.41. The van der Waals surface area contributed by atoms with E-state index in [2.05, 4.69) is 25.0 Å². The standard InChI is InChI=1S/C19H22N8O2/c1-12-9-22-15(11-21-12)18-24-17(19(28)26-7-5-14(29-2)6-8-26)25-27(18)13-3-4-16(20)23-10-13/h3-4,9-11,14H,5-8H2,1-2H3,(H2,20,23). The van der Waals surface area contributed by atoms with E-state index in [1.54, 1.807) is 47.4 Å². The Morgan fingerprint density at radius 2 is 1.93 bits per heavy atom. The molecule has 1 saturated heterocycles. The average molecular weight is 394 g/mol. The van der Waals surface area contributed by atoms with Crippen LogP contribution in [0, 0.1) is 6.92 Å². The number of anilines is 1. The van der Waals surface area contributed by atoms with Crippen LogP contribution in [0.15, 0.2) is 30.7 Å². The first-order valence-corrected chi connectivity index (χ1v) is 9.35. The molecule has 1 fully saturated rings. The predicted octanol–water partition coefficient (Wildman–Crippen LogP) is 1.26. The van der Waals surface area contributed by atoms with E-state index in [0.717, 1.165) is 18.5 Å². The normalized spacial score (nSPS) is 14.9. The Morgan fingerprint density at radius 1 is 1.14 bits per heavy atom. The molecule has 4 heterocycles. The molecular weight excluding hydrogens is 372 g/mol. The van der Waals surface area contributed by atoms with Crippen LogP contribution >= 0.6 is 0 Å². The van der Waals surface area contributed by atoms with Gasteiger partial charge in [0.25, 0.3) is 5.91 Å². The molecule has 0 atom stereocenters. The second kappa shape index (κ2) is 7.92. The van der Waals surface area contributed by atoms with Crippen LogP contribution in [-0.4, -0.2) is 66.8 Å². The summed E-state index contributed by atoms with van der Waals surface area (Å²) in [6, 6.07) is 3.43. The summed E-state index contributed by atoms with van der Waals surface area (Å²) < 4.78 is 6.92. The summed E-state index contributed by atoms with van der Waals surface area (Å²) >= 11 is 0. The number of hydrogen-bond acceptors (Lipinski definition) is 8. The van der Waals surface area contributed by atoms with Gasteiger partial charge in [0.05, 0.1) is 29.9 Å². The molecule has 0 bridgehead atoms. The summed E-state index contributed by atoms with van der Waals surface area (Å²) in [5, 5.41) is 4.46. The maximum absolute atomic E-state index is 13.0. The van der Waals surface area contributed by atoms with E-state index in [1.165, 1.54) is 0 Å². The van der Waals surface area contributed by atoms with Crippen LogP contribution < -0.4 is 5.73 Å². The van der Waals surface area contributed by atoms with Crippen LogP contribution in [0.2, 0.25) is 0 Å². The lowest BCUT2D eigenvalue weighted by Gasteiger charge is -2.30. The summed E-state index contributed by atoms with van der Waals surface area (Å²) in [7, 11) is 1.70. The van der Waals surface area contributed by atoms with E-state index in [9.17, 15) is 4.79 Å². The van der Waals surface area contributed by atoms with E-state index in [1.807, 2.05) is 6.92 Å². The van der Waals surface area contributed by atoms with Gasteiger partial charge < -0.3 is 15.4 Å². The van der Waals surface area contributed by atoms with Crippen LogP contribution in [-0.2, 0) is 4.74 Å². The number of hydrogen-bond donors (Lipinski definition) is 1. The second-order valence-corrected chi connectivity index (χ2v) is 6.88. The highest BCUT2D eigenvalue weighted by Crippen LogP contribution is 2.21. The van der Waals surface area contributed by atoms with Crippen molar-refractivity contribution in [3.63, 3.8) is 0 Å². The van der Waals surface area contributed by atoms with Gasteiger partial charge in [-0.3, -0.25) is 9.78 Å². The molecule has 1 aliphatic heterocycles. The third-order valence-corrected chi connectivity index (χ3v) is 4.89. The molecule has 29 heavy (non-hydrogen) atoms. The Labute approximate surface area is 167 Å². The van der Waals surface area contributed by atoms with E-state index in [-0.39, 0.29) is 17.8 Å². The molecule has 3 aromatic rings. The molecule has 0 radical (unpaired) electrons. The highest BCUT2D eigenvalue weighted by Gasteiger charge is 2.27.